The number of hydrogen-bond acceptors (Lipinski definition) is 5. The van der Waals surface area contributed by atoms with Gasteiger partial charge in [0.1, 0.15) is 10.4 Å². The molecule has 0 radical (unpaired) electrons. The number of benzene rings is 2. The Labute approximate surface area is 169 Å². The normalized spacial score (nSPS) is 16.7. The van der Waals surface area contributed by atoms with Crippen molar-refractivity contribution in [2.75, 3.05) is 13.7 Å². The number of thiocarbonyl (C=S) groups is 1. The molecule has 1 amide bonds. The molecule has 2 aromatic carbocycles. The quantitative estimate of drug-likeness (QED) is 0.502. The number of amides is 1. The zero-order chi connectivity index (χ0) is 19.4. The predicted molar refractivity (Wildman–Crippen MR) is 114 cm³/mol. The van der Waals surface area contributed by atoms with Gasteiger partial charge in [0.25, 0.3) is 5.91 Å². The summed E-state index contributed by atoms with van der Waals surface area (Å²) in [5.41, 5.74) is 1.95. The third-order valence-corrected chi connectivity index (χ3v) is 5.63. The number of likely N-dealkylation sites (N-methyl/N-ethyl adjacent to an activating group) is 1. The lowest BCUT2D eigenvalue weighted by atomic mass is 10.1. The summed E-state index contributed by atoms with van der Waals surface area (Å²) in [6.45, 7) is 4.49. The molecule has 27 heavy (non-hydrogen) atoms. The van der Waals surface area contributed by atoms with E-state index < -0.39 is 0 Å². The molecule has 0 bridgehead atoms. The summed E-state index contributed by atoms with van der Waals surface area (Å²) in [7, 11) is 1.61. The van der Waals surface area contributed by atoms with Crippen molar-refractivity contribution in [2.24, 2.45) is 0 Å². The summed E-state index contributed by atoms with van der Waals surface area (Å²) in [4.78, 5) is 14.6. The Morgan fingerprint density at radius 1 is 1.19 bits per heavy atom. The minimum Gasteiger partial charge on any atom is -0.493 e. The van der Waals surface area contributed by atoms with E-state index in [-0.39, 0.29) is 12.0 Å². The third-order valence-electron chi connectivity index (χ3n) is 4.25. The van der Waals surface area contributed by atoms with Crippen LogP contribution in [0.5, 0.6) is 11.5 Å². The van der Waals surface area contributed by atoms with Gasteiger partial charge in [0.15, 0.2) is 11.5 Å². The van der Waals surface area contributed by atoms with Crippen molar-refractivity contribution < 1.29 is 14.3 Å². The van der Waals surface area contributed by atoms with Crippen LogP contribution in [0.1, 0.15) is 31.1 Å². The van der Waals surface area contributed by atoms with E-state index in [0.29, 0.717) is 27.3 Å². The van der Waals surface area contributed by atoms with Gasteiger partial charge in [-0.1, -0.05) is 60.4 Å². The van der Waals surface area contributed by atoms with E-state index in [4.69, 9.17) is 21.7 Å². The van der Waals surface area contributed by atoms with Crippen molar-refractivity contribution in [1.82, 2.24) is 4.90 Å². The highest BCUT2D eigenvalue weighted by Crippen LogP contribution is 2.35. The monoisotopic (exact) mass is 399 g/mol. The Morgan fingerprint density at radius 3 is 2.56 bits per heavy atom. The van der Waals surface area contributed by atoms with Crippen LogP contribution in [0.25, 0.3) is 6.08 Å². The second-order valence-corrected chi connectivity index (χ2v) is 7.68. The van der Waals surface area contributed by atoms with Gasteiger partial charge in [-0.15, -0.1) is 0 Å². The molecule has 0 N–H and O–H groups in total. The van der Waals surface area contributed by atoms with Crippen molar-refractivity contribution in [1.29, 1.82) is 0 Å². The number of thioether (sulfide) groups is 1. The van der Waals surface area contributed by atoms with Crippen molar-refractivity contribution in [3.8, 4) is 11.5 Å². The number of rotatable bonds is 6. The van der Waals surface area contributed by atoms with Crippen LogP contribution in [0, 0.1) is 0 Å². The number of hydrogen-bond donors (Lipinski definition) is 0. The molecule has 0 spiro atoms. The summed E-state index contributed by atoms with van der Waals surface area (Å²) in [6.07, 6.45) is 1.73. The van der Waals surface area contributed by atoms with E-state index in [1.54, 1.807) is 12.0 Å². The van der Waals surface area contributed by atoms with E-state index in [0.717, 1.165) is 11.1 Å². The molecule has 0 aromatic heterocycles. The molecule has 1 fully saturated rings. The molecule has 0 aliphatic carbocycles. The molecule has 0 saturated carbocycles. The summed E-state index contributed by atoms with van der Waals surface area (Å²) >= 11 is 6.58. The van der Waals surface area contributed by atoms with Crippen LogP contribution >= 0.6 is 24.0 Å². The fourth-order valence-corrected chi connectivity index (χ4v) is 4.16. The zero-order valence-corrected chi connectivity index (χ0v) is 17.1. The summed E-state index contributed by atoms with van der Waals surface area (Å²) in [5.74, 6) is 1.23. The first-order valence-electron chi connectivity index (χ1n) is 8.68. The SMILES string of the molecule is CCN1C(=O)/C(=C\c2ccc(O[C@H](C)c3ccccc3)c(OC)c2)SC1=S. The molecule has 1 saturated heterocycles. The molecule has 1 aliphatic rings. The van der Waals surface area contributed by atoms with Crippen molar-refractivity contribution in [3.05, 3.63) is 64.6 Å². The lowest BCUT2D eigenvalue weighted by Crippen LogP contribution is -2.27. The fourth-order valence-electron chi connectivity index (χ4n) is 2.78. The molecule has 140 valence electrons. The molecule has 4 nitrogen and oxygen atoms in total. The van der Waals surface area contributed by atoms with Gasteiger partial charge in [0.05, 0.1) is 12.0 Å². The van der Waals surface area contributed by atoms with Gasteiger partial charge in [0, 0.05) is 6.54 Å². The van der Waals surface area contributed by atoms with Crippen LogP contribution in [-0.2, 0) is 4.79 Å². The minimum atomic E-state index is -0.105. The Hall–Kier alpha value is -2.31. The third kappa shape index (κ3) is 4.34. The van der Waals surface area contributed by atoms with Gasteiger partial charge in [-0.25, -0.2) is 0 Å². The molecule has 6 heteroatoms. The van der Waals surface area contributed by atoms with Gasteiger partial charge >= 0.3 is 0 Å². The zero-order valence-electron chi connectivity index (χ0n) is 15.5. The molecule has 0 unspecified atom stereocenters. The first-order valence-corrected chi connectivity index (χ1v) is 9.91. The number of ether oxygens (including phenoxy) is 2. The molecule has 1 heterocycles. The maximum Gasteiger partial charge on any atom is 0.266 e. The second-order valence-electron chi connectivity index (χ2n) is 6.01. The van der Waals surface area contributed by atoms with Crippen LogP contribution in [0.4, 0.5) is 0 Å². The molecular formula is C21H21NO3S2. The Morgan fingerprint density at radius 2 is 1.93 bits per heavy atom. The van der Waals surface area contributed by atoms with Crippen molar-refractivity contribution >= 4 is 40.3 Å². The first kappa shape index (κ1) is 19.5. The number of carbonyl (C=O) groups excluding carboxylic acids is 1. The Kier molecular flexibility index (Phi) is 6.19. The topological polar surface area (TPSA) is 38.8 Å². The molecular weight excluding hydrogens is 378 g/mol. The average molecular weight is 400 g/mol. The van der Waals surface area contributed by atoms with E-state index in [1.165, 1.54) is 11.8 Å². The number of carbonyl (C=O) groups is 1. The van der Waals surface area contributed by atoms with Crippen molar-refractivity contribution in [2.45, 2.75) is 20.0 Å². The van der Waals surface area contributed by atoms with E-state index >= 15 is 0 Å². The molecule has 1 aliphatic heterocycles. The van der Waals surface area contributed by atoms with Crippen LogP contribution in [0.3, 0.4) is 0 Å². The second kappa shape index (κ2) is 8.59. The predicted octanol–water partition coefficient (Wildman–Crippen LogP) is 5.06. The number of nitrogens with zero attached hydrogens (tertiary/aromatic N) is 1. The average Bonchev–Trinajstić information content (AvgIpc) is 2.96. The Bertz CT molecular complexity index is 880. The summed E-state index contributed by atoms with van der Waals surface area (Å²) < 4.78 is 12.2. The van der Waals surface area contributed by atoms with Gasteiger partial charge in [-0.3, -0.25) is 9.69 Å². The standard InChI is InChI=1S/C21H21NO3S2/c1-4-22-20(23)19(27-21(22)26)13-15-10-11-17(18(12-15)24-3)25-14(2)16-8-6-5-7-9-16/h5-14H,4H2,1-3H3/b19-13+/t14-/m1/s1. The first-order chi connectivity index (χ1) is 13.0. The van der Waals surface area contributed by atoms with Gasteiger partial charge in [0.2, 0.25) is 0 Å². The maximum atomic E-state index is 12.4. The summed E-state index contributed by atoms with van der Waals surface area (Å²) in [6, 6.07) is 15.7. The number of methoxy groups -OCH3 is 1. The lowest BCUT2D eigenvalue weighted by molar-refractivity contribution is -0.121. The van der Waals surface area contributed by atoms with Gasteiger partial charge in [-0.2, -0.15) is 0 Å². The fraction of sp³-hybridized carbons (Fsp3) is 0.238. The van der Waals surface area contributed by atoms with Crippen LogP contribution < -0.4 is 9.47 Å². The minimum absolute atomic E-state index is 0.0514. The molecule has 2 aromatic rings. The smallest absolute Gasteiger partial charge is 0.266 e. The highest BCUT2D eigenvalue weighted by molar-refractivity contribution is 8.26. The highest BCUT2D eigenvalue weighted by Gasteiger charge is 2.30. The van der Waals surface area contributed by atoms with Gasteiger partial charge in [-0.05, 0) is 43.2 Å². The van der Waals surface area contributed by atoms with Gasteiger partial charge < -0.3 is 9.47 Å². The van der Waals surface area contributed by atoms with E-state index in [1.807, 2.05) is 68.5 Å². The highest BCUT2D eigenvalue weighted by atomic mass is 32.2. The van der Waals surface area contributed by atoms with Crippen LogP contribution in [0.2, 0.25) is 0 Å². The molecule has 1 atom stereocenters. The lowest BCUT2D eigenvalue weighted by Gasteiger charge is -2.17. The van der Waals surface area contributed by atoms with Crippen molar-refractivity contribution in [3.63, 3.8) is 0 Å². The molecule has 3 rings (SSSR count). The van der Waals surface area contributed by atoms with E-state index in [9.17, 15) is 4.79 Å². The van der Waals surface area contributed by atoms with Crippen LogP contribution in [0.15, 0.2) is 53.4 Å². The Balaban J connectivity index is 1.82. The maximum absolute atomic E-state index is 12.4. The van der Waals surface area contributed by atoms with Crippen LogP contribution in [-0.4, -0.2) is 28.8 Å². The summed E-state index contributed by atoms with van der Waals surface area (Å²) in [5, 5.41) is 0. The van der Waals surface area contributed by atoms with E-state index in [2.05, 4.69) is 0 Å². The largest absolute Gasteiger partial charge is 0.493 e.